The van der Waals surface area contributed by atoms with E-state index in [-0.39, 0.29) is 5.75 Å². The lowest BCUT2D eigenvalue weighted by atomic mass is 9.93. The monoisotopic (exact) mass is 960 g/mol. The molecule has 0 amide bonds. The van der Waals surface area contributed by atoms with E-state index in [1.54, 1.807) is 6.07 Å². The maximum atomic E-state index is 10.6. The minimum Gasteiger partial charge on any atom is -0.507 e. The Bertz CT molecular complexity index is 2750. The molecule has 2 nitrogen and oxygen atoms in total. The maximum absolute atomic E-state index is 10.6. The molecule has 6 heteroatoms. The Balaban J connectivity index is 0.000000181. The minimum atomic E-state index is -3.05. The van der Waals surface area contributed by atoms with E-state index in [1.807, 2.05) is 36.4 Å². The number of rotatable bonds is 9. The first-order chi connectivity index (χ1) is 30.5. The topological polar surface area (TPSA) is 29.5 Å². The third kappa shape index (κ3) is 7.81. The van der Waals surface area contributed by atoms with Crippen molar-refractivity contribution in [2.75, 3.05) is 0 Å². The normalized spacial score (nSPS) is 11.5. The Labute approximate surface area is 382 Å². The van der Waals surface area contributed by atoms with Gasteiger partial charge in [-0.05, 0) is 96.7 Å². The number of phenols is 1. The van der Waals surface area contributed by atoms with E-state index in [9.17, 15) is 5.11 Å². The van der Waals surface area contributed by atoms with Crippen LogP contribution < -0.4 is 31.1 Å². The molecule has 0 saturated carbocycles. The minimum absolute atomic E-state index is 0.285. The molecular weight excluding hydrogens is 921 g/mol. The van der Waals surface area contributed by atoms with Crippen LogP contribution in [-0.4, -0.2) is 21.7 Å². The number of benzene rings is 10. The van der Waals surface area contributed by atoms with Crippen molar-refractivity contribution in [3.63, 3.8) is 0 Å². The lowest BCUT2D eigenvalue weighted by Crippen LogP contribution is -2.81. The van der Waals surface area contributed by atoms with E-state index in [0.29, 0.717) is 0 Å². The number of phenolic OH excluding ortho intramolecular Hbond substituents is 1. The molecule has 0 aromatic heterocycles. The van der Waals surface area contributed by atoms with Crippen molar-refractivity contribution in [3.8, 4) is 16.9 Å². The quantitative estimate of drug-likeness (QED) is 0.115. The molecule has 0 fully saturated rings. The van der Waals surface area contributed by atoms with Crippen molar-refractivity contribution in [2.45, 2.75) is 0 Å². The Morgan fingerprint density at radius 3 is 1.00 bits per heavy atom. The van der Waals surface area contributed by atoms with Crippen molar-refractivity contribution in [1.29, 1.82) is 0 Å². The van der Waals surface area contributed by atoms with Gasteiger partial charge >= 0.3 is 0 Å². The molecule has 0 aliphatic heterocycles. The summed E-state index contributed by atoms with van der Waals surface area (Å²) >= 11 is 7.32. The van der Waals surface area contributed by atoms with Crippen LogP contribution in [0.1, 0.15) is 0 Å². The number of hydrogen-bond donors (Lipinski definition) is 1. The molecule has 62 heavy (non-hydrogen) atoms. The average Bonchev–Trinajstić information content (AvgIpc) is 3.35. The van der Waals surface area contributed by atoms with Crippen LogP contribution in [0.4, 0.5) is 0 Å². The fraction of sp³-hybridized carbons (Fsp3) is 0. The van der Waals surface area contributed by atoms with Gasteiger partial charge in [-0.25, -0.2) is 0 Å². The second-order valence-corrected chi connectivity index (χ2v) is 23.8. The van der Waals surface area contributed by atoms with Crippen molar-refractivity contribution in [2.24, 2.45) is 0 Å². The Morgan fingerprint density at radius 1 is 0.323 bits per heavy atom. The fourth-order valence-corrected chi connectivity index (χ4v) is 20.3. The third-order valence-corrected chi connectivity index (χ3v) is 22.8. The van der Waals surface area contributed by atoms with Crippen LogP contribution in [-0.2, 0) is 4.12 Å². The fourth-order valence-electron chi connectivity index (χ4n) is 8.68. The zero-order valence-electron chi connectivity index (χ0n) is 33.8. The molecule has 0 aliphatic carbocycles. The van der Waals surface area contributed by atoms with Crippen LogP contribution in [0.3, 0.4) is 0 Å². The molecule has 300 valence electrons. The summed E-state index contributed by atoms with van der Waals surface area (Å²) in [6, 6.07) is 87.5. The molecular formula is C56H42Br2O2Si2. The summed E-state index contributed by atoms with van der Waals surface area (Å²) in [6.07, 6.45) is 0. The molecule has 0 saturated heterocycles. The van der Waals surface area contributed by atoms with Crippen molar-refractivity contribution >= 4 is 101 Å². The van der Waals surface area contributed by atoms with Crippen molar-refractivity contribution in [1.82, 2.24) is 0 Å². The summed E-state index contributed by atoms with van der Waals surface area (Å²) in [5.74, 6) is 0.285. The van der Waals surface area contributed by atoms with Crippen LogP contribution in [0, 0.1) is 0 Å². The molecule has 10 aromatic rings. The van der Waals surface area contributed by atoms with Gasteiger partial charge in [-0.3, -0.25) is 0 Å². The highest BCUT2D eigenvalue weighted by atomic mass is 79.9. The summed E-state index contributed by atoms with van der Waals surface area (Å²) in [5, 5.41) is 22.4. The molecule has 0 aliphatic rings. The highest BCUT2D eigenvalue weighted by Crippen LogP contribution is 2.46. The maximum Gasteiger partial charge on any atom is 0.278 e. The van der Waals surface area contributed by atoms with E-state index in [4.69, 9.17) is 4.12 Å². The molecule has 1 N–H and O–H groups in total. The zero-order chi connectivity index (χ0) is 42.4. The van der Waals surface area contributed by atoms with Gasteiger partial charge in [0.25, 0.3) is 16.6 Å². The smallest absolute Gasteiger partial charge is 0.278 e. The van der Waals surface area contributed by atoms with Gasteiger partial charge in [0, 0.05) is 20.1 Å². The lowest BCUT2D eigenvalue weighted by Gasteiger charge is -2.44. The van der Waals surface area contributed by atoms with E-state index >= 15 is 0 Å². The first-order valence-electron chi connectivity index (χ1n) is 20.6. The highest BCUT2D eigenvalue weighted by Gasteiger charge is 2.52. The average molecular weight is 963 g/mol. The largest absolute Gasteiger partial charge is 0.507 e. The molecule has 0 bridgehead atoms. The Morgan fingerprint density at radius 2 is 0.629 bits per heavy atom. The van der Waals surface area contributed by atoms with Crippen LogP contribution in [0.15, 0.2) is 258 Å². The Kier molecular flexibility index (Phi) is 12.3. The summed E-state index contributed by atoms with van der Waals surface area (Å²) in [6.45, 7) is 0. The Hall–Kier alpha value is -6.13. The van der Waals surface area contributed by atoms with Gasteiger partial charge in [0.2, 0.25) is 0 Å². The molecule has 0 unspecified atom stereocenters. The van der Waals surface area contributed by atoms with E-state index in [2.05, 4.69) is 238 Å². The molecule has 0 atom stereocenters. The van der Waals surface area contributed by atoms with Gasteiger partial charge in [-0.1, -0.05) is 237 Å². The number of fused-ring (bicyclic) bond motifs is 2. The predicted molar refractivity (Wildman–Crippen MR) is 273 cm³/mol. The second kappa shape index (κ2) is 18.5. The van der Waals surface area contributed by atoms with Crippen LogP contribution >= 0.6 is 31.9 Å². The highest BCUT2D eigenvalue weighted by molar-refractivity contribution is 9.13. The standard InChI is InChI=1S/C36H30OSi2.C20H12Br2O/c1-7-19-31(20-8-1)38(32-21-9-2-10-22-32,33-23-11-3-12-24-33)37-39(34-25-13-4-14-26-34,35-27-15-5-16-28-35)36-29-17-6-18-30-36;21-16-11-13-6-2-4-8-15(13)19(20(16)22)18-14-7-3-1-5-12(14)9-10-17(18)23/h1-30H;1-11,23H. The number of hydrogen-bond acceptors (Lipinski definition) is 2. The summed E-state index contributed by atoms with van der Waals surface area (Å²) in [7, 11) is -6.09. The van der Waals surface area contributed by atoms with Gasteiger partial charge in [-0.2, -0.15) is 0 Å². The van der Waals surface area contributed by atoms with Crippen molar-refractivity contribution in [3.05, 3.63) is 258 Å². The lowest BCUT2D eigenvalue weighted by molar-refractivity contribution is 0.478. The van der Waals surface area contributed by atoms with Gasteiger partial charge in [0.15, 0.2) is 0 Å². The SMILES string of the molecule is Oc1ccc2ccccc2c1-c1c(Br)c(Br)cc2ccccc12.c1ccc([Si](O[Si](c2ccccc2)(c2ccccc2)c2ccccc2)(c2ccccc2)c2ccccc2)cc1. The van der Waals surface area contributed by atoms with Gasteiger partial charge in [0.1, 0.15) is 5.75 Å². The van der Waals surface area contributed by atoms with E-state index < -0.39 is 16.6 Å². The predicted octanol–water partition coefficient (Wildman–Crippen LogP) is 11.2. The number of aromatic hydroxyl groups is 1. The third-order valence-electron chi connectivity index (χ3n) is 11.5. The van der Waals surface area contributed by atoms with Gasteiger partial charge in [0.05, 0.1) is 0 Å². The first kappa shape index (κ1) is 41.2. The first-order valence-corrected chi connectivity index (χ1v) is 26.0. The molecule has 0 spiro atoms. The number of halogens is 2. The van der Waals surface area contributed by atoms with Crippen LogP contribution in [0.25, 0.3) is 32.7 Å². The second-order valence-electron chi connectivity index (χ2n) is 15.1. The molecule has 0 radical (unpaired) electrons. The summed E-state index contributed by atoms with van der Waals surface area (Å²) in [4.78, 5) is 0. The van der Waals surface area contributed by atoms with Gasteiger partial charge < -0.3 is 9.22 Å². The van der Waals surface area contributed by atoms with Crippen LogP contribution in [0.2, 0.25) is 0 Å². The van der Waals surface area contributed by atoms with Gasteiger partial charge in [-0.15, -0.1) is 0 Å². The zero-order valence-corrected chi connectivity index (χ0v) is 39.0. The summed E-state index contributed by atoms with van der Waals surface area (Å²) in [5.41, 5.74) is 1.86. The molecule has 10 aromatic carbocycles. The van der Waals surface area contributed by atoms with E-state index in [0.717, 1.165) is 41.6 Å². The molecule has 10 rings (SSSR count). The van der Waals surface area contributed by atoms with Crippen molar-refractivity contribution < 1.29 is 9.22 Å². The summed E-state index contributed by atoms with van der Waals surface area (Å²) < 4.78 is 10.1. The van der Waals surface area contributed by atoms with Crippen LogP contribution in [0.5, 0.6) is 5.75 Å². The van der Waals surface area contributed by atoms with E-state index in [1.165, 1.54) is 31.1 Å². The molecule has 0 heterocycles.